The topological polar surface area (TPSA) is 102 Å². The zero-order chi connectivity index (χ0) is 25.6. The Hall–Kier alpha value is -4.21. The summed E-state index contributed by atoms with van der Waals surface area (Å²) in [6.45, 7) is 4.03. The molecule has 0 aliphatic carbocycles. The Bertz CT molecular complexity index is 1470. The van der Waals surface area contributed by atoms with E-state index in [0.717, 1.165) is 27.6 Å². The second-order valence-electron chi connectivity index (χ2n) is 9.05. The summed E-state index contributed by atoms with van der Waals surface area (Å²) in [5.74, 6) is 0.578. The number of hydrogen-bond donors (Lipinski definition) is 1. The second-order valence-corrected chi connectivity index (χ2v) is 9.05. The fourth-order valence-electron chi connectivity index (χ4n) is 4.56. The van der Waals surface area contributed by atoms with Gasteiger partial charge in [-0.05, 0) is 57.6 Å². The lowest BCUT2D eigenvalue weighted by Gasteiger charge is -2.31. The first-order chi connectivity index (χ1) is 18.1. The van der Waals surface area contributed by atoms with Crippen LogP contribution in [0.3, 0.4) is 0 Å². The standard InChI is InChI=1S/C28H29N7O2/c1-20-10-11-23-16-24(28(36)30-25(23)15-20)26(27-31-32-33-35(27)13-14-37-2)34(18-21-7-4-3-5-8-21)19-22-9-6-12-29-17-22/h3-12,15-17,26H,13-14,18-19H2,1-2H3,(H,30,36). The quantitative estimate of drug-likeness (QED) is 0.315. The number of rotatable bonds is 10. The molecule has 9 nitrogen and oxygen atoms in total. The van der Waals surface area contributed by atoms with Crippen LogP contribution in [0, 0.1) is 6.92 Å². The maximum Gasteiger partial charge on any atom is 0.253 e. The Kier molecular flexibility index (Phi) is 7.43. The van der Waals surface area contributed by atoms with Crippen LogP contribution in [0.2, 0.25) is 0 Å². The van der Waals surface area contributed by atoms with Crippen LogP contribution in [0.5, 0.6) is 0 Å². The molecule has 3 aromatic heterocycles. The Morgan fingerprint density at radius 1 is 1.03 bits per heavy atom. The van der Waals surface area contributed by atoms with Crippen molar-refractivity contribution in [2.24, 2.45) is 0 Å². The van der Waals surface area contributed by atoms with Crippen LogP contribution in [-0.4, -0.2) is 48.8 Å². The number of pyridine rings is 2. The van der Waals surface area contributed by atoms with Gasteiger partial charge in [0.2, 0.25) is 0 Å². The Morgan fingerprint density at radius 3 is 2.62 bits per heavy atom. The van der Waals surface area contributed by atoms with Gasteiger partial charge in [-0.25, -0.2) is 4.68 Å². The Balaban J connectivity index is 1.68. The van der Waals surface area contributed by atoms with Crippen molar-refractivity contribution in [3.8, 4) is 0 Å². The fourth-order valence-corrected chi connectivity index (χ4v) is 4.56. The highest BCUT2D eigenvalue weighted by molar-refractivity contribution is 5.79. The molecule has 9 heteroatoms. The summed E-state index contributed by atoms with van der Waals surface area (Å²) in [7, 11) is 1.64. The molecule has 0 spiro atoms. The van der Waals surface area contributed by atoms with E-state index in [1.54, 1.807) is 18.0 Å². The van der Waals surface area contributed by atoms with Crippen LogP contribution in [-0.2, 0) is 24.4 Å². The van der Waals surface area contributed by atoms with Gasteiger partial charge in [0.1, 0.15) is 6.04 Å². The van der Waals surface area contributed by atoms with E-state index in [1.807, 2.05) is 67.7 Å². The largest absolute Gasteiger partial charge is 0.383 e. The number of aromatic nitrogens is 6. The van der Waals surface area contributed by atoms with Crippen molar-refractivity contribution in [1.82, 2.24) is 35.1 Å². The molecule has 0 bridgehead atoms. The number of methoxy groups -OCH3 is 1. The molecule has 0 radical (unpaired) electrons. The van der Waals surface area contributed by atoms with Gasteiger partial charge in [-0.3, -0.25) is 14.7 Å². The number of benzene rings is 2. The van der Waals surface area contributed by atoms with Gasteiger partial charge in [0.25, 0.3) is 5.56 Å². The van der Waals surface area contributed by atoms with Gasteiger partial charge >= 0.3 is 0 Å². The number of aromatic amines is 1. The number of aryl methyl sites for hydroxylation is 1. The monoisotopic (exact) mass is 495 g/mol. The molecule has 1 unspecified atom stereocenters. The summed E-state index contributed by atoms with van der Waals surface area (Å²) in [6.07, 6.45) is 3.60. The van der Waals surface area contributed by atoms with E-state index in [9.17, 15) is 4.79 Å². The molecule has 0 aliphatic heterocycles. The van der Waals surface area contributed by atoms with Gasteiger partial charge in [0, 0.05) is 43.7 Å². The first kappa shape index (κ1) is 24.5. The van der Waals surface area contributed by atoms with E-state index in [4.69, 9.17) is 4.74 Å². The summed E-state index contributed by atoms with van der Waals surface area (Å²) >= 11 is 0. The third-order valence-electron chi connectivity index (χ3n) is 6.34. The molecule has 0 amide bonds. The molecule has 5 aromatic rings. The molecule has 0 saturated carbocycles. The molecule has 188 valence electrons. The van der Waals surface area contributed by atoms with Crippen LogP contribution < -0.4 is 5.56 Å². The normalized spacial score (nSPS) is 12.3. The molecule has 1 atom stereocenters. The summed E-state index contributed by atoms with van der Waals surface area (Å²) in [6, 6.07) is 21.6. The number of hydrogen-bond acceptors (Lipinski definition) is 7. The lowest BCUT2D eigenvalue weighted by atomic mass is 10.0. The number of tetrazole rings is 1. The molecule has 5 rings (SSSR count). The SMILES string of the molecule is COCCn1nnnc1C(c1cc2ccc(C)cc2[nH]c1=O)N(Cc1ccccc1)Cc1cccnc1. The summed E-state index contributed by atoms with van der Waals surface area (Å²) < 4.78 is 7.01. The van der Waals surface area contributed by atoms with E-state index in [1.165, 1.54) is 0 Å². The van der Waals surface area contributed by atoms with E-state index in [0.29, 0.717) is 37.6 Å². The van der Waals surface area contributed by atoms with Crippen LogP contribution in [0.15, 0.2) is 83.9 Å². The minimum atomic E-state index is -0.526. The zero-order valence-corrected chi connectivity index (χ0v) is 20.9. The van der Waals surface area contributed by atoms with Crippen LogP contribution in [0.25, 0.3) is 10.9 Å². The predicted octanol–water partition coefficient (Wildman–Crippen LogP) is 3.66. The minimum absolute atomic E-state index is 0.173. The van der Waals surface area contributed by atoms with Gasteiger partial charge in [-0.1, -0.05) is 48.5 Å². The molecule has 37 heavy (non-hydrogen) atoms. The summed E-state index contributed by atoms with van der Waals surface area (Å²) in [5.41, 5.74) is 4.41. The van der Waals surface area contributed by atoms with Crippen LogP contribution >= 0.6 is 0 Å². The predicted molar refractivity (Wildman–Crippen MR) is 141 cm³/mol. The van der Waals surface area contributed by atoms with Gasteiger partial charge in [0.15, 0.2) is 5.82 Å². The number of nitrogens with zero attached hydrogens (tertiary/aromatic N) is 6. The van der Waals surface area contributed by atoms with Crippen molar-refractivity contribution in [3.05, 3.63) is 118 Å². The van der Waals surface area contributed by atoms with Gasteiger partial charge in [-0.2, -0.15) is 0 Å². The first-order valence-corrected chi connectivity index (χ1v) is 12.2. The average Bonchev–Trinajstić information content (AvgIpc) is 3.37. The van der Waals surface area contributed by atoms with Crippen molar-refractivity contribution in [2.75, 3.05) is 13.7 Å². The van der Waals surface area contributed by atoms with Gasteiger partial charge in [-0.15, -0.1) is 5.10 Å². The van der Waals surface area contributed by atoms with Crippen LogP contribution in [0.1, 0.15) is 34.1 Å². The molecule has 1 N–H and O–H groups in total. The number of nitrogens with one attached hydrogen (secondary N) is 1. The molecule has 3 heterocycles. The molecule has 2 aromatic carbocycles. The highest BCUT2D eigenvalue weighted by Gasteiger charge is 2.31. The van der Waals surface area contributed by atoms with Gasteiger partial charge in [0.05, 0.1) is 13.2 Å². The molecule has 0 aliphatic rings. The smallest absolute Gasteiger partial charge is 0.253 e. The fraction of sp³-hybridized carbons (Fsp3) is 0.250. The first-order valence-electron chi connectivity index (χ1n) is 12.2. The van der Waals surface area contributed by atoms with E-state index in [2.05, 4.69) is 42.5 Å². The maximum atomic E-state index is 13.6. The van der Waals surface area contributed by atoms with Crippen molar-refractivity contribution >= 4 is 10.9 Å². The molecule has 0 saturated heterocycles. The Morgan fingerprint density at radius 2 is 1.84 bits per heavy atom. The summed E-state index contributed by atoms with van der Waals surface area (Å²) in [5, 5.41) is 13.6. The number of fused-ring (bicyclic) bond motifs is 1. The summed E-state index contributed by atoms with van der Waals surface area (Å²) in [4.78, 5) is 23.2. The van der Waals surface area contributed by atoms with Gasteiger partial charge < -0.3 is 9.72 Å². The lowest BCUT2D eigenvalue weighted by Crippen LogP contribution is -2.35. The molecule has 0 fully saturated rings. The molecular formula is C28H29N7O2. The van der Waals surface area contributed by atoms with Crippen molar-refractivity contribution < 1.29 is 4.74 Å². The number of ether oxygens (including phenoxy) is 1. The second kappa shape index (κ2) is 11.2. The van der Waals surface area contributed by atoms with E-state index < -0.39 is 6.04 Å². The maximum absolute atomic E-state index is 13.6. The Labute approximate surface area is 214 Å². The minimum Gasteiger partial charge on any atom is -0.383 e. The van der Waals surface area contributed by atoms with Crippen LogP contribution in [0.4, 0.5) is 0 Å². The zero-order valence-electron chi connectivity index (χ0n) is 20.9. The van der Waals surface area contributed by atoms with E-state index in [-0.39, 0.29) is 5.56 Å². The highest BCUT2D eigenvalue weighted by atomic mass is 16.5. The highest BCUT2D eigenvalue weighted by Crippen LogP contribution is 2.30. The third kappa shape index (κ3) is 5.63. The average molecular weight is 496 g/mol. The molecular weight excluding hydrogens is 466 g/mol. The lowest BCUT2D eigenvalue weighted by molar-refractivity contribution is 0.169. The third-order valence-corrected chi connectivity index (χ3v) is 6.34. The van der Waals surface area contributed by atoms with Crippen molar-refractivity contribution in [2.45, 2.75) is 32.6 Å². The van der Waals surface area contributed by atoms with Crippen molar-refractivity contribution in [1.29, 1.82) is 0 Å². The number of H-pyrrole nitrogens is 1. The van der Waals surface area contributed by atoms with E-state index >= 15 is 0 Å². The van der Waals surface area contributed by atoms with Crippen molar-refractivity contribution in [3.63, 3.8) is 0 Å².